The average molecular weight is 401 g/mol. The monoisotopic (exact) mass is 400 g/mol. The van der Waals surface area contributed by atoms with Crippen molar-refractivity contribution >= 4 is 21.4 Å². The molecule has 6 heteroatoms. The first kappa shape index (κ1) is 19.3. The molecule has 0 amide bonds. The Kier molecular flexibility index (Phi) is 5.60. The summed E-state index contributed by atoms with van der Waals surface area (Å²) in [5, 5.41) is 0. The van der Waals surface area contributed by atoms with E-state index in [0.717, 1.165) is 50.9 Å². The Labute approximate surface area is 167 Å². The number of hydrogen-bond donors (Lipinski definition) is 1. The van der Waals surface area contributed by atoms with Gasteiger partial charge >= 0.3 is 0 Å². The minimum atomic E-state index is -3.58. The van der Waals surface area contributed by atoms with Gasteiger partial charge in [-0.1, -0.05) is 6.07 Å². The van der Waals surface area contributed by atoms with Crippen molar-refractivity contribution < 1.29 is 13.2 Å². The van der Waals surface area contributed by atoms with E-state index in [1.165, 1.54) is 17.5 Å². The summed E-state index contributed by atoms with van der Waals surface area (Å²) in [5.74, 6) is 0. The molecule has 1 heterocycles. The summed E-state index contributed by atoms with van der Waals surface area (Å²) >= 11 is 0. The van der Waals surface area contributed by atoms with Gasteiger partial charge < -0.3 is 9.64 Å². The molecule has 2 aromatic carbocycles. The second kappa shape index (κ2) is 8.13. The lowest BCUT2D eigenvalue weighted by Crippen LogP contribution is -2.36. The average Bonchev–Trinajstić information content (AvgIpc) is 2.74. The highest BCUT2D eigenvalue weighted by atomic mass is 32.2. The third-order valence-corrected chi connectivity index (χ3v) is 7.27. The second-order valence-corrected chi connectivity index (χ2v) is 9.39. The Balaban J connectivity index is 1.45. The zero-order valence-corrected chi connectivity index (χ0v) is 17.2. The molecule has 1 aliphatic carbocycles. The number of sulfonamides is 1. The van der Waals surface area contributed by atoms with E-state index in [4.69, 9.17) is 4.74 Å². The maximum Gasteiger partial charge on any atom is 0.261 e. The molecule has 4 rings (SSSR count). The summed E-state index contributed by atoms with van der Waals surface area (Å²) in [6.45, 7) is 1.91. The van der Waals surface area contributed by atoms with Crippen molar-refractivity contribution in [2.75, 3.05) is 29.8 Å². The zero-order valence-electron chi connectivity index (χ0n) is 16.4. The third kappa shape index (κ3) is 4.18. The van der Waals surface area contributed by atoms with Gasteiger partial charge in [0.05, 0.1) is 11.0 Å². The smallest absolute Gasteiger partial charge is 0.261 e. The van der Waals surface area contributed by atoms with E-state index in [2.05, 4.69) is 9.62 Å². The number of rotatable bonds is 5. The van der Waals surface area contributed by atoms with Crippen LogP contribution in [0.2, 0.25) is 0 Å². The third-order valence-electron chi connectivity index (χ3n) is 5.89. The van der Waals surface area contributed by atoms with E-state index in [1.54, 1.807) is 13.2 Å². The molecule has 1 fully saturated rings. The van der Waals surface area contributed by atoms with Crippen molar-refractivity contribution in [3.8, 4) is 0 Å². The van der Waals surface area contributed by atoms with Crippen molar-refractivity contribution in [1.29, 1.82) is 0 Å². The van der Waals surface area contributed by atoms with Crippen LogP contribution >= 0.6 is 0 Å². The van der Waals surface area contributed by atoms with E-state index < -0.39 is 10.0 Å². The number of aryl methyl sites for hydroxylation is 2. The van der Waals surface area contributed by atoms with Crippen LogP contribution in [0.5, 0.6) is 0 Å². The number of fused-ring (bicyclic) bond motifs is 1. The van der Waals surface area contributed by atoms with Crippen LogP contribution in [0.25, 0.3) is 0 Å². The molecule has 28 heavy (non-hydrogen) atoms. The molecular weight excluding hydrogens is 372 g/mol. The number of anilines is 2. The first-order chi connectivity index (χ1) is 13.5. The summed E-state index contributed by atoms with van der Waals surface area (Å²) in [6.07, 6.45) is 6.71. The topological polar surface area (TPSA) is 58.6 Å². The molecule has 150 valence electrons. The molecule has 5 nitrogen and oxygen atoms in total. The molecule has 2 aromatic rings. The highest BCUT2D eigenvalue weighted by Gasteiger charge is 2.20. The first-order valence-electron chi connectivity index (χ1n) is 10.1. The molecule has 0 atom stereocenters. The minimum Gasteiger partial charge on any atom is -0.381 e. The molecule has 0 bridgehead atoms. The van der Waals surface area contributed by atoms with Crippen LogP contribution in [-0.2, 0) is 27.6 Å². The Hall–Kier alpha value is -2.05. The largest absolute Gasteiger partial charge is 0.381 e. The van der Waals surface area contributed by atoms with Crippen LogP contribution in [0.3, 0.4) is 0 Å². The predicted octanol–water partition coefficient (Wildman–Crippen LogP) is 3.98. The van der Waals surface area contributed by atoms with Gasteiger partial charge in [-0.15, -0.1) is 0 Å². The first-order valence-corrected chi connectivity index (χ1v) is 11.6. The normalized spacial score (nSPS) is 18.0. The molecule has 1 N–H and O–H groups in total. The van der Waals surface area contributed by atoms with Crippen LogP contribution in [0.1, 0.15) is 36.8 Å². The highest BCUT2D eigenvalue weighted by molar-refractivity contribution is 7.92. The Morgan fingerprint density at radius 3 is 2.32 bits per heavy atom. The van der Waals surface area contributed by atoms with Crippen molar-refractivity contribution in [2.24, 2.45) is 0 Å². The molecule has 0 unspecified atom stereocenters. The molecule has 0 saturated carbocycles. The van der Waals surface area contributed by atoms with Gasteiger partial charge in [0.15, 0.2) is 0 Å². The lowest BCUT2D eigenvalue weighted by molar-refractivity contribution is 0.0819. The number of methoxy groups -OCH3 is 1. The number of ether oxygens (including phenoxy) is 1. The minimum absolute atomic E-state index is 0.346. The van der Waals surface area contributed by atoms with Gasteiger partial charge in [-0.25, -0.2) is 8.42 Å². The molecular formula is C22H28N2O3S. The summed E-state index contributed by atoms with van der Waals surface area (Å²) in [4.78, 5) is 2.66. The van der Waals surface area contributed by atoms with Crippen LogP contribution in [-0.4, -0.2) is 34.7 Å². The van der Waals surface area contributed by atoms with E-state index in [1.807, 2.05) is 36.4 Å². The lowest BCUT2D eigenvalue weighted by atomic mass is 9.92. The van der Waals surface area contributed by atoms with Crippen molar-refractivity contribution in [3.05, 3.63) is 53.6 Å². The number of nitrogens with one attached hydrogen (secondary N) is 1. The van der Waals surface area contributed by atoms with Crippen LogP contribution in [0, 0.1) is 0 Å². The number of benzene rings is 2. The van der Waals surface area contributed by atoms with Gasteiger partial charge in [0.25, 0.3) is 10.0 Å². The SMILES string of the molecule is COC1CCN(c2ccc(NS(=O)(=O)c3ccc4c(c3)CCCC4)cc2)CC1. The van der Waals surface area contributed by atoms with Crippen LogP contribution < -0.4 is 9.62 Å². The van der Waals surface area contributed by atoms with E-state index >= 15 is 0 Å². The predicted molar refractivity (Wildman–Crippen MR) is 113 cm³/mol. The molecule has 2 aliphatic rings. The van der Waals surface area contributed by atoms with E-state index in [9.17, 15) is 8.42 Å². The van der Waals surface area contributed by atoms with Gasteiger partial charge in [-0.2, -0.15) is 0 Å². The van der Waals surface area contributed by atoms with Gasteiger partial charge in [0.2, 0.25) is 0 Å². The summed E-state index contributed by atoms with van der Waals surface area (Å²) < 4.78 is 33.8. The van der Waals surface area contributed by atoms with E-state index in [-0.39, 0.29) is 0 Å². The van der Waals surface area contributed by atoms with Gasteiger partial charge in [0, 0.05) is 31.6 Å². The fourth-order valence-electron chi connectivity index (χ4n) is 4.18. The van der Waals surface area contributed by atoms with Crippen molar-refractivity contribution in [3.63, 3.8) is 0 Å². The van der Waals surface area contributed by atoms with Crippen LogP contribution in [0.15, 0.2) is 47.4 Å². The lowest BCUT2D eigenvalue weighted by Gasteiger charge is -2.33. The van der Waals surface area contributed by atoms with Gasteiger partial charge in [0.1, 0.15) is 0 Å². The highest BCUT2D eigenvalue weighted by Crippen LogP contribution is 2.27. The number of piperidine rings is 1. The summed E-state index contributed by atoms with van der Waals surface area (Å²) in [6, 6.07) is 13.2. The maximum atomic E-state index is 12.8. The summed E-state index contributed by atoms with van der Waals surface area (Å²) in [7, 11) is -1.81. The molecule has 0 aromatic heterocycles. The Morgan fingerprint density at radius 2 is 1.64 bits per heavy atom. The Morgan fingerprint density at radius 1 is 0.964 bits per heavy atom. The second-order valence-electron chi connectivity index (χ2n) is 7.71. The fourth-order valence-corrected chi connectivity index (χ4v) is 5.29. The zero-order chi connectivity index (χ0) is 19.6. The quantitative estimate of drug-likeness (QED) is 0.825. The standard InChI is InChI=1S/C22H28N2O3S/c1-27-21-12-14-24(15-13-21)20-9-7-19(8-10-20)23-28(25,26)22-11-6-17-4-2-3-5-18(17)16-22/h6-11,16,21,23H,2-5,12-15H2,1H3. The van der Waals surface area contributed by atoms with E-state index in [0.29, 0.717) is 16.7 Å². The molecule has 0 radical (unpaired) electrons. The van der Waals surface area contributed by atoms with Gasteiger partial charge in [-0.05, 0) is 86.1 Å². The number of nitrogens with zero attached hydrogens (tertiary/aromatic N) is 1. The Bertz CT molecular complexity index is 917. The molecule has 1 saturated heterocycles. The number of hydrogen-bond acceptors (Lipinski definition) is 4. The van der Waals surface area contributed by atoms with Gasteiger partial charge in [-0.3, -0.25) is 4.72 Å². The molecule has 1 aliphatic heterocycles. The van der Waals surface area contributed by atoms with Crippen LogP contribution in [0.4, 0.5) is 11.4 Å². The maximum absolute atomic E-state index is 12.8. The van der Waals surface area contributed by atoms with Crippen molar-refractivity contribution in [2.45, 2.75) is 49.5 Å². The summed E-state index contributed by atoms with van der Waals surface area (Å²) in [5.41, 5.74) is 4.16. The molecule has 0 spiro atoms. The fraction of sp³-hybridized carbons (Fsp3) is 0.455. The van der Waals surface area contributed by atoms with Crippen molar-refractivity contribution in [1.82, 2.24) is 0 Å².